The van der Waals surface area contributed by atoms with Crippen molar-refractivity contribution in [3.8, 4) is 5.75 Å². The molecule has 3 nitrogen and oxygen atoms in total. The van der Waals surface area contributed by atoms with Gasteiger partial charge in [0.1, 0.15) is 5.75 Å². The average molecular weight is 341 g/mol. The molecule has 0 bridgehead atoms. The van der Waals surface area contributed by atoms with Crippen LogP contribution in [0.15, 0.2) is 16.6 Å². The number of benzene rings is 1. The lowest BCUT2D eigenvalue weighted by Gasteiger charge is -2.17. The average Bonchev–Trinajstić information content (AvgIpc) is 2.27. The third kappa shape index (κ3) is 3.86. The third-order valence-electron chi connectivity index (χ3n) is 2.63. The summed E-state index contributed by atoms with van der Waals surface area (Å²) < 4.78 is 44.0. The summed E-state index contributed by atoms with van der Waals surface area (Å²) in [5.74, 6) is -1.99. The first kappa shape index (κ1) is 15.8. The van der Waals surface area contributed by atoms with Gasteiger partial charge in [0.15, 0.2) is 0 Å². The van der Waals surface area contributed by atoms with Crippen molar-refractivity contribution in [2.24, 2.45) is 5.92 Å². The monoisotopic (exact) mass is 340 g/mol. The lowest BCUT2D eigenvalue weighted by molar-refractivity contribution is -0.142. The minimum Gasteiger partial charge on any atom is -0.496 e. The molecule has 0 aromatic heterocycles. The molecular formula is C12H12BrF3O3. The molecule has 0 amide bonds. The fraction of sp³-hybridized carbons (Fsp3) is 0.417. The van der Waals surface area contributed by atoms with Crippen LogP contribution in [-0.4, -0.2) is 18.2 Å². The number of halogens is 4. The first-order valence-electron chi connectivity index (χ1n) is 5.33. The number of carbonyl (C=O) groups is 1. The molecule has 1 atom stereocenters. The summed E-state index contributed by atoms with van der Waals surface area (Å²) in [6, 6.07) is 2.12. The Labute approximate surface area is 116 Å². The second-order valence-electron chi connectivity index (χ2n) is 4.09. The Morgan fingerprint density at radius 2 is 2.05 bits per heavy atom. The van der Waals surface area contributed by atoms with Gasteiger partial charge < -0.3 is 9.84 Å². The smallest absolute Gasteiger partial charge is 0.416 e. The summed E-state index contributed by atoms with van der Waals surface area (Å²) in [4.78, 5) is 10.8. The molecule has 0 heterocycles. The summed E-state index contributed by atoms with van der Waals surface area (Å²) in [7, 11) is 1.26. The summed E-state index contributed by atoms with van der Waals surface area (Å²) in [6.07, 6.45) is -4.76. The number of aliphatic carboxylic acids is 1. The van der Waals surface area contributed by atoms with Crippen molar-refractivity contribution in [2.45, 2.75) is 19.5 Å². The van der Waals surface area contributed by atoms with E-state index in [1.807, 2.05) is 0 Å². The van der Waals surface area contributed by atoms with E-state index in [4.69, 9.17) is 9.84 Å². The van der Waals surface area contributed by atoms with E-state index < -0.39 is 23.6 Å². The first-order chi connectivity index (χ1) is 8.66. The van der Waals surface area contributed by atoms with Crippen molar-refractivity contribution in [1.29, 1.82) is 0 Å². The van der Waals surface area contributed by atoms with Gasteiger partial charge in [-0.3, -0.25) is 4.79 Å². The Morgan fingerprint density at radius 1 is 1.47 bits per heavy atom. The summed E-state index contributed by atoms with van der Waals surface area (Å²) in [5.41, 5.74) is -0.948. The molecule has 0 radical (unpaired) electrons. The maximum Gasteiger partial charge on any atom is 0.416 e. The number of ether oxygens (including phenoxy) is 1. The highest BCUT2D eigenvalue weighted by Gasteiger charge is 2.35. The fourth-order valence-electron chi connectivity index (χ4n) is 1.60. The van der Waals surface area contributed by atoms with E-state index in [0.29, 0.717) is 4.47 Å². The Balaban J connectivity index is 3.29. The number of alkyl halides is 3. The normalized spacial score (nSPS) is 13.2. The number of hydrogen-bond donors (Lipinski definition) is 1. The molecule has 1 aromatic carbocycles. The molecule has 0 spiro atoms. The Kier molecular flexibility index (Phi) is 4.84. The Hall–Kier alpha value is -1.24. The van der Waals surface area contributed by atoms with Crippen molar-refractivity contribution in [1.82, 2.24) is 0 Å². The predicted molar refractivity (Wildman–Crippen MR) is 66.2 cm³/mol. The Morgan fingerprint density at radius 3 is 2.47 bits per heavy atom. The number of carboxylic acid groups (broad SMARTS) is 1. The molecule has 1 N–H and O–H groups in total. The largest absolute Gasteiger partial charge is 0.496 e. The van der Waals surface area contributed by atoms with Crippen LogP contribution in [-0.2, 0) is 17.4 Å². The van der Waals surface area contributed by atoms with Gasteiger partial charge in [-0.1, -0.05) is 6.92 Å². The molecule has 1 rings (SSSR count). The maximum absolute atomic E-state index is 12.9. The molecule has 7 heteroatoms. The zero-order chi connectivity index (χ0) is 14.8. The Bertz CT molecular complexity index is 486. The lowest BCUT2D eigenvalue weighted by Crippen LogP contribution is -2.16. The molecule has 0 aliphatic heterocycles. The highest BCUT2D eigenvalue weighted by atomic mass is 79.9. The second-order valence-corrected chi connectivity index (χ2v) is 4.94. The number of carboxylic acids is 1. The summed E-state index contributed by atoms with van der Waals surface area (Å²) in [6.45, 7) is 1.36. The van der Waals surface area contributed by atoms with Gasteiger partial charge in [-0.2, -0.15) is 13.2 Å². The van der Waals surface area contributed by atoms with Crippen molar-refractivity contribution >= 4 is 21.9 Å². The second kappa shape index (κ2) is 5.81. The molecule has 1 aromatic rings. The molecule has 0 saturated heterocycles. The van der Waals surface area contributed by atoms with E-state index >= 15 is 0 Å². The first-order valence-corrected chi connectivity index (χ1v) is 6.12. The van der Waals surface area contributed by atoms with Crippen LogP contribution in [0, 0.1) is 5.92 Å². The highest BCUT2D eigenvalue weighted by Crippen LogP contribution is 2.38. The molecular weight excluding hydrogens is 329 g/mol. The van der Waals surface area contributed by atoms with E-state index in [2.05, 4.69) is 15.9 Å². The van der Waals surface area contributed by atoms with Crippen LogP contribution in [0.3, 0.4) is 0 Å². The van der Waals surface area contributed by atoms with Gasteiger partial charge in [-0.15, -0.1) is 0 Å². The molecule has 106 valence electrons. The van der Waals surface area contributed by atoms with Gasteiger partial charge in [0.2, 0.25) is 0 Å². The lowest BCUT2D eigenvalue weighted by atomic mass is 9.96. The fourth-order valence-corrected chi connectivity index (χ4v) is 2.15. The SMILES string of the molecule is COc1cc(C(F)(F)F)c(CC(C)C(=O)O)cc1Br. The van der Waals surface area contributed by atoms with Gasteiger partial charge in [-0.25, -0.2) is 0 Å². The number of methoxy groups -OCH3 is 1. The van der Waals surface area contributed by atoms with Crippen LogP contribution in [0.1, 0.15) is 18.1 Å². The molecule has 0 fully saturated rings. The van der Waals surface area contributed by atoms with Crippen molar-refractivity contribution in [3.05, 3.63) is 27.7 Å². The predicted octanol–water partition coefficient (Wildman–Crippen LogP) is 3.74. The van der Waals surface area contributed by atoms with Crippen LogP contribution in [0.5, 0.6) is 5.75 Å². The van der Waals surface area contributed by atoms with Crippen molar-refractivity contribution < 1.29 is 27.8 Å². The van der Waals surface area contributed by atoms with Crippen LogP contribution in [0.4, 0.5) is 13.2 Å². The van der Waals surface area contributed by atoms with Gasteiger partial charge >= 0.3 is 12.1 Å². The van der Waals surface area contributed by atoms with Crippen LogP contribution in [0.25, 0.3) is 0 Å². The number of rotatable bonds is 4. The highest BCUT2D eigenvalue weighted by molar-refractivity contribution is 9.10. The standard InChI is InChI=1S/C12H12BrF3O3/c1-6(11(17)18)3-7-4-9(13)10(19-2)5-8(7)12(14,15)16/h4-6H,3H2,1-2H3,(H,17,18). The molecule has 19 heavy (non-hydrogen) atoms. The topological polar surface area (TPSA) is 46.5 Å². The van der Waals surface area contributed by atoms with E-state index in [1.165, 1.54) is 20.1 Å². The molecule has 0 saturated carbocycles. The minimum atomic E-state index is -4.55. The minimum absolute atomic E-state index is 0.0547. The molecule has 0 aliphatic carbocycles. The van der Waals surface area contributed by atoms with Gasteiger partial charge in [0.25, 0.3) is 0 Å². The van der Waals surface area contributed by atoms with Crippen LogP contribution in [0.2, 0.25) is 0 Å². The van der Waals surface area contributed by atoms with Crippen molar-refractivity contribution in [2.75, 3.05) is 7.11 Å². The molecule has 0 aliphatic rings. The van der Waals surface area contributed by atoms with Crippen molar-refractivity contribution in [3.63, 3.8) is 0 Å². The zero-order valence-corrected chi connectivity index (χ0v) is 11.8. The summed E-state index contributed by atoms with van der Waals surface area (Å²) in [5, 5.41) is 8.79. The van der Waals surface area contributed by atoms with Gasteiger partial charge in [-0.05, 0) is 40.0 Å². The van der Waals surface area contributed by atoms with Gasteiger partial charge in [0.05, 0.1) is 23.1 Å². The van der Waals surface area contributed by atoms with E-state index in [-0.39, 0.29) is 17.7 Å². The maximum atomic E-state index is 12.9. The van der Waals surface area contributed by atoms with E-state index in [9.17, 15) is 18.0 Å². The van der Waals surface area contributed by atoms with Gasteiger partial charge in [0, 0.05) is 0 Å². The van der Waals surface area contributed by atoms with E-state index in [1.54, 1.807) is 0 Å². The molecule has 1 unspecified atom stereocenters. The quantitative estimate of drug-likeness (QED) is 0.908. The zero-order valence-electron chi connectivity index (χ0n) is 10.2. The summed E-state index contributed by atoms with van der Waals surface area (Å²) >= 11 is 3.10. The third-order valence-corrected chi connectivity index (χ3v) is 3.25. The van der Waals surface area contributed by atoms with E-state index in [0.717, 1.165) is 6.07 Å². The number of hydrogen-bond acceptors (Lipinski definition) is 2. The van der Waals surface area contributed by atoms with Crippen LogP contribution < -0.4 is 4.74 Å². The van der Waals surface area contributed by atoms with Crippen LogP contribution >= 0.6 is 15.9 Å².